The fourth-order valence-corrected chi connectivity index (χ4v) is 2.06. The van der Waals surface area contributed by atoms with Crippen molar-refractivity contribution in [1.82, 2.24) is 5.32 Å². The second-order valence-corrected chi connectivity index (χ2v) is 3.82. The minimum absolute atomic E-state index is 0.0908. The largest absolute Gasteiger partial charge is 0.356 e. The summed E-state index contributed by atoms with van der Waals surface area (Å²) in [5.41, 5.74) is -0.0908. The predicted molar refractivity (Wildman–Crippen MR) is 54.4 cm³/mol. The van der Waals surface area contributed by atoms with Crippen molar-refractivity contribution >= 4 is 5.91 Å². The number of piperidine rings is 1. The summed E-state index contributed by atoms with van der Waals surface area (Å²) in [4.78, 5) is 11.7. The molecule has 0 aliphatic carbocycles. The van der Waals surface area contributed by atoms with Crippen LogP contribution in [0.1, 0.15) is 39.0 Å². The SMILES string of the molecule is C=CCCC1(CC)CCCNC1=O. The van der Waals surface area contributed by atoms with Gasteiger partial charge in [0.1, 0.15) is 0 Å². The van der Waals surface area contributed by atoms with Gasteiger partial charge in [-0.1, -0.05) is 13.0 Å². The summed E-state index contributed by atoms with van der Waals surface area (Å²) in [5.74, 6) is 0.253. The Morgan fingerprint density at radius 2 is 2.46 bits per heavy atom. The Bertz CT molecular complexity index is 200. The van der Waals surface area contributed by atoms with E-state index in [4.69, 9.17) is 0 Å². The minimum Gasteiger partial charge on any atom is -0.356 e. The Balaban J connectivity index is 2.64. The van der Waals surface area contributed by atoms with E-state index in [0.717, 1.165) is 38.6 Å². The number of hydrogen-bond acceptors (Lipinski definition) is 1. The standard InChI is InChI=1S/C11H19NO/c1-3-5-7-11(4-2)8-6-9-12-10(11)13/h3H,1,4-9H2,2H3,(H,12,13). The third-order valence-corrected chi connectivity index (χ3v) is 3.10. The molecular weight excluding hydrogens is 162 g/mol. The topological polar surface area (TPSA) is 29.1 Å². The third kappa shape index (κ3) is 2.11. The van der Waals surface area contributed by atoms with Crippen molar-refractivity contribution in [3.8, 4) is 0 Å². The molecule has 1 fully saturated rings. The monoisotopic (exact) mass is 181 g/mol. The van der Waals surface area contributed by atoms with Crippen LogP contribution >= 0.6 is 0 Å². The molecule has 0 bridgehead atoms. The van der Waals surface area contributed by atoms with Crippen molar-refractivity contribution in [2.75, 3.05) is 6.54 Å². The van der Waals surface area contributed by atoms with E-state index in [2.05, 4.69) is 18.8 Å². The highest BCUT2D eigenvalue weighted by Gasteiger charge is 2.37. The first kappa shape index (κ1) is 10.3. The zero-order valence-corrected chi connectivity index (χ0v) is 8.44. The van der Waals surface area contributed by atoms with Gasteiger partial charge >= 0.3 is 0 Å². The molecule has 0 aromatic rings. The summed E-state index contributed by atoms with van der Waals surface area (Å²) in [7, 11) is 0. The summed E-state index contributed by atoms with van der Waals surface area (Å²) in [5, 5.41) is 2.96. The molecule has 2 nitrogen and oxygen atoms in total. The van der Waals surface area contributed by atoms with E-state index in [1.807, 2.05) is 6.08 Å². The van der Waals surface area contributed by atoms with E-state index >= 15 is 0 Å². The molecule has 0 aromatic heterocycles. The molecular formula is C11H19NO. The first-order valence-corrected chi connectivity index (χ1v) is 5.14. The molecule has 1 amide bonds. The first-order chi connectivity index (χ1) is 6.25. The van der Waals surface area contributed by atoms with E-state index < -0.39 is 0 Å². The second-order valence-electron chi connectivity index (χ2n) is 3.82. The maximum Gasteiger partial charge on any atom is 0.226 e. The molecule has 1 unspecified atom stereocenters. The number of amides is 1. The second kappa shape index (κ2) is 4.45. The highest BCUT2D eigenvalue weighted by molar-refractivity contribution is 5.83. The fourth-order valence-electron chi connectivity index (χ4n) is 2.06. The van der Waals surface area contributed by atoms with Crippen LogP contribution in [0.3, 0.4) is 0 Å². The van der Waals surface area contributed by atoms with Gasteiger partial charge in [-0.3, -0.25) is 4.79 Å². The van der Waals surface area contributed by atoms with Crippen LogP contribution in [0.25, 0.3) is 0 Å². The van der Waals surface area contributed by atoms with Crippen LogP contribution in [0.15, 0.2) is 12.7 Å². The van der Waals surface area contributed by atoms with Crippen LogP contribution in [-0.2, 0) is 4.79 Å². The summed E-state index contributed by atoms with van der Waals surface area (Å²) < 4.78 is 0. The van der Waals surface area contributed by atoms with Gasteiger partial charge in [0.25, 0.3) is 0 Å². The van der Waals surface area contributed by atoms with Gasteiger partial charge in [0, 0.05) is 12.0 Å². The third-order valence-electron chi connectivity index (χ3n) is 3.10. The number of allylic oxidation sites excluding steroid dienone is 1. The number of nitrogens with one attached hydrogen (secondary N) is 1. The highest BCUT2D eigenvalue weighted by Crippen LogP contribution is 2.35. The highest BCUT2D eigenvalue weighted by atomic mass is 16.2. The lowest BCUT2D eigenvalue weighted by Crippen LogP contribution is -2.45. The van der Waals surface area contributed by atoms with Gasteiger partial charge in [-0.05, 0) is 32.1 Å². The van der Waals surface area contributed by atoms with Crippen molar-refractivity contribution in [2.24, 2.45) is 5.41 Å². The van der Waals surface area contributed by atoms with Gasteiger partial charge in [0.05, 0.1) is 0 Å². The Morgan fingerprint density at radius 3 is 3.00 bits per heavy atom. The van der Waals surface area contributed by atoms with E-state index in [0.29, 0.717) is 0 Å². The van der Waals surface area contributed by atoms with Crippen LogP contribution in [0.4, 0.5) is 0 Å². The normalized spacial score (nSPS) is 28.2. The molecule has 1 atom stereocenters. The van der Waals surface area contributed by atoms with Crippen molar-refractivity contribution < 1.29 is 4.79 Å². The van der Waals surface area contributed by atoms with Crippen LogP contribution in [0.5, 0.6) is 0 Å². The molecule has 1 aliphatic heterocycles. The van der Waals surface area contributed by atoms with Crippen molar-refractivity contribution in [1.29, 1.82) is 0 Å². The molecule has 0 radical (unpaired) electrons. The zero-order valence-electron chi connectivity index (χ0n) is 8.44. The quantitative estimate of drug-likeness (QED) is 0.662. The van der Waals surface area contributed by atoms with Crippen LogP contribution < -0.4 is 5.32 Å². The molecule has 74 valence electrons. The van der Waals surface area contributed by atoms with Crippen molar-refractivity contribution in [2.45, 2.75) is 39.0 Å². The number of hydrogen-bond donors (Lipinski definition) is 1. The molecule has 2 heteroatoms. The Kier molecular flexibility index (Phi) is 3.52. The maximum absolute atomic E-state index is 11.7. The Morgan fingerprint density at radius 1 is 1.69 bits per heavy atom. The van der Waals surface area contributed by atoms with Gasteiger partial charge in [-0.2, -0.15) is 0 Å². The average Bonchev–Trinajstić information content (AvgIpc) is 2.17. The molecule has 0 aromatic carbocycles. The molecule has 1 saturated heterocycles. The maximum atomic E-state index is 11.7. The van der Waals surface area contributed by atoms with E-state index in [-0.39, 0.29) is 11.3 Å². The molecule has 1 aliphatic rings. The lowest BCUT2D eigenvalue weighted by molar-refractivity contribution is -0.134. The molecule has 1 N–H and O–H groups in total. The summed E-state index contributed by atoms with van der Waals surface area (Å²) in [6, 6.07) is 0. The molecule has 1 heterocycles. The van der Waals surface area contributed by atoms with Crippen LogP contribution in [-0.4, -0.2) is 12.5 Å². The van der Waals surface area contributed by atoms with Gasteiger partial charge in [-0.25, -0.2) is 0 Å². The molecule has 0 saturated carbocycles. The molecule has 13 heavy (non-hydrogen) atoms. The molecule has 1 rings (SSSR count). The van der Waals surface area contributed by atoms with Crippen LogP contribution in [0, 0.1) is 5.41 Å². The van der Waals surface area contributed by atoms with Gasteiger partial charge in [0.2, 0.25) is 5.91 Å². The Hall–Kier alpha value is -0.790. The van der Waals surface area contributed by atoms with Crippen LogP contribution in [0.2, 0.25) is 0 Å². The fraction of sp³-hybridized carbons (Fsp3) is 0.727. The summed E-state index contributed by atoms with van der Waals surface area (Å²) in [6.45, 7) is 6.66. The van der Waals surface area contributed by atoms with Crippen molar-refractivity contribution in [3.63, 3.8) is 0 Å². The summed E-state index contributed by atoms with van der Waals surface area (Å²) >= 11 is 0. The number of rotatable bonds is 4. The molecule has 0 spiro atoms. The van der Waals surface area contributed by atoms with Gasteiger partial charge < -0.3 is 5.32 Å². The van der Waals surface area contributed by atoms with Gasteiger partial charge in [-0.15, -0.1) is 6.58 Å². The lowest BCUT2D eigenvalue weighted by atomic mass is 9.74. The Labute approximate surface area is 80.4 Å². The van der Waals surface area contributed by atoms with E-state index in [9.17, 15) is 4.79 Å². The average molecular weight is 181 g/mol. The lowest BCUT2D eigenvalue weighted by Gasteiger charge is -2.35. The number of carbonyl (C=O) groups excluding carboxylic acids is 1. The smallest absolute Gasteiger partial charge is 0.226 e. The van der Waals surface area contributed by atoms with E-state index in [1.54, 1.807) is 0 Å². The summed E-state index contributed by atoms with van der Waals surface area (Å²) in [6.07, 6.45) is 6.92. The predicted octanol–water partition coefficient (Wildman–Crippen LogP) is 2.26. The van der Waals surface area contributed by atoms with Crippen molar-refractivity contribution in [3.05, 3.63) is 12.7 Å². The minimum atomic E-state index is -0.0908. The number of carbonyl (C=O) groups is 1. The zero-order chi connectivity index (χ0) is 9.73. The first-order valence-electron chi connectivity index (χ1n) is 5.14. The van der Waals surface area contributed by atoms with E-state index in [1.165, 1.54) is 0 Å². The van der Waals surface area contributed by atoms with Gasteiger partial charge in [0.15, 0.2) is 0 Å².